The fourth-order valence-corrected chi connectivity index (χ4v) is 5.86. The fraction of sp³-hybridized carbons (Fsp3) is 0.391. The summed E-state index contributed by atoms with van der Waals surface area (Å²) in [6.07, 6.45) is 6.69. The van der Waals surface area contributed by atoms with E-state index in [2.05, 4.69) is 33.0 Å². The topological polar surface area (TPSA) is 49.6 Å². The Morgan fingerprint density at radius 2 is 2.14 bits per heavy atom. The second-order valence-electron chi connectivity index (χ2n) is 8.40. The molecule has 0 radical (unpaired) electrons. The lowest BCUT2D eigenvalue weighted by molar-refractivity contribution is -0.137. The van der Waals surface area contributed by atoms with Gasteiger partial charge in [0.15, 0.2) is 0 Å². The summed E-state index contributed by atoms with van der Waals surface area (Å²) in [4.78, 5) is 22.3. The van der Waals surface area contributed by atoms with Gasteiger partial charge in [-0.1, -0.05) is 24.3 Å². The van der Waals surface area contributed by atoms with Crippen molar-refractivity contribution in [2.45, 2.75) is 37.4 Å². The van der Waals surface area contributed by atoms with Crippen molar-refractivity contribution >= 4 is 16.9 Å². The minimum Gasteiger partial charge on any atom is -0.459 e. The van der Waals surface area contributed by atoms with E-state index in [1.54, 1.807) is 6.20 Å². The number of fused-ring (bicyclic) bond motifs is 1. The van der Waals surface area contributed by atoms with Crippen molar-refractivity contribution < 1.29 is 9.21 Å². The van der Waals surface area contributed by atoms with Gasteiger partial charge in [-0.05, 0) is 43.0 Å². The van der Waals surface area contributed by atoms with E-state index >= 15 is 0 Å². The first-order valence-electron chi connectivity index (χ1n) is 10.2. The Balaban J connectivity index is 1.32. The third-order valence-electron chi connectivity index (χ3n) is 7.00. The zero-order valence-electron chi connectivity index (χ0n) is 15.8. The molecule has 6 rings (SSSR count). The van der Waals surface area contributed by atoms with Gasteiger partial charge in [-0.2, -0.15) is 0 Å². The number of aromatic nitrogens is 1. The third kappa shape index (κ3) is 2.17. The van der Waals surface area contributed by atoms with Gasteiger partial charge in [0.2, 0.25) is 5.91 Å². The molecule has 3 aliphatic rings. The van der Waals surface area contributed by atoms with Gasteiger partial charge in [0.05, 0.1) is 6.04 Å². The van der Waals surface area contributed by atoms with Crippen LogP contribution in [-0.2, 0) is 11.3 Å². The van der Waals surface area contributed by atoms with E-state index in [1.807, 2.05) is 30.5 Å². The Labute approximate surface area is 163 Å². The number of carbonyl (C=O) groups excluding carboxylic acids is 1. The summed E-state index contributed by atoms with van der Waals surface area (Å²) in [6.45, 7) is 2.47. The number of amides is 1. The van der Waals surface area contributed by atoms with E-state index in [-0.39, 0.29) is 11.6 Å². The molecule has 0 N–H and O–H groups in total. The Morgan fingerprint density at radius 3 is 3.00 bits per heavy atom. The van der Waals surface area contributed by atoms with Gasteiger partial charge >= 0.3 is 0 Å². The summed E-state index contributed by atoms with van der Waals surface area (Å²) in [5.74, 6) is 1.69. The van der Waals surface area contributed by atoms with E-state index in [0.717, 1.165) is 54.6 Å². The van der Waals surface area contributed by atoms with Gasteiger partial charge in [0.1, 0.15) is 16.9 Å². The molecule has 2 aromatic heterocycles. The highest BCUT2D eigenvalue weighted by Gasteiger charge is 2.65. The second-order valence-corrected chi connectivity index (χ2v) is 8.40. The lowest BCUT2D eigenvalue weighted by atomic mass is 9.85. The number of carbonyl (C=O) groups is 1. The highest BCUT2D eigenvalue weighted by molar-refractivity contribution is 5.90. The molecule has 1 spiro atoms. The first-order chi connectivity index (χ1) is 13.8. The lowest BCUT2D eigenvalue weighted by Gasteiger charge is -2.32. The number of hydrogen-bond acceptors (Lipinski definition) is 4. The Bertz CT molecular complexity index is 1010. The number of pyridine rings is 1. The van der Waals surface area contributed by atoms with E-state index in [0.29, 0.717) is 18.4 Å². The molecule has 0 saturated carbocycles. The largest absolute Gasteiger partial charge is 0.459 e. The van der Waals surface area contributed by atoms with Crippen molar-refractivity contribution in [2.75, 3.05) is 13.1 Å². The quantitative estimate of drug-likeness (QED) is 0.701. The Kier molecular flexibility index (Phi) is 3.45. The molecule has 5 nitrogen and oxygen atoms in total. The molecule has 28 heavy (non-hydrogen) atoms. The second kappa shape index (κ2) is 5.92. The van der Waals surface area contributed by atoms with Crippen LogP contribution in [0.2, 0.25) is 0 Å². The van der Waals surface area contributed by atoms with Crippen LogP contribution in [0.3, 0.4) is 0 Å². The zero-order valence-corrected chi connectivity index (χ0v) is 15.8. The van der Waals surface area contributed by atoms with Gasteiger partial charge in [-0.15, -0.1) is 0 Å². The van der Waals surface area contributed by atoms with Crippen LogP contribution in [0, 0.1) is 5.92 Å². The summed E-state index contributed by atoms with van der Waals surface area (Å²) in [5.41, 5.74) is 1.71. The highest BCUT2D eigenvalue weighted by atomic mass is 16.3. The van der Waals surface area contributed by atoms with Crippen LogP contribution in [0.25, 0.3) is 11.0 Å². The predicted molar refractivity (Wildman–Crippen MR) is 105 cm³/mol. The van der Waals surface area contributed by atoms with Gasteiger partial charge in [-0.3, -0.25) is 14.7 Å². The molecule has 3 aliphatic heterocycles. The van der Waals surface area contributed by atoms with Crippen molar-refractivity contribution in [3.8, 4) is 0 Å². The molecule has 0 bridgehead atoms. The van der Waals surface area contributed by atoms with Gasteiger partial charge in [0.25, 0.3) is 0 Å². The number of nitrogens with zero attached hydrogens (tertiary/aromatic N) is 3. The molecule has 1 aromatic carbocycles. The number of para-hydroxylation sites is 1. The molecular formula is C23H23N3O2. The van der Waals surface area contributed by atoms with Crippen LogP contribution in [0.5, 0.6) is 0 Å². The van der Waals surface area contributed by atoms with Crippen LogP contribution < -0.4 is 0 Å². The molecule has 3 aromatic rings. The number of hydrogen-bond donors (Lipinski definition) is 0. The average Bonchev–Trinajstić information content (AvgIpc) is 3.45. The molecule has 0 unspecified atom stereocenters. The molecule has 0 aliphatic carbocycles. The lowest BCUT2D eigenvalue weighted by Crippen LogP contribution is -2.49. The van der Waals surface area contributed by atoms with Gasteiger partial charge in [0, 0.05) is 43.3 Å². The zero-order chi connectivity index (χ0) is 18.7. The van der Waals surface area contributed by atoms with Crippen molar-refractivity contribution in [1.29, 1.82) is 0 Å². The monoisotopic (exact) mass is 373 g/mol. The smallest absolute Gasteiger partial charge is 0.243 e. The van der Waals surface area contributed by atoms with Crippen LogP contribution in [-0.4, -0.2) is 39.3 Å². The van der Waals surface area contributed by atoms with E-state index in [4.69, 9.17) is 4.42 Å². The van der Waals surface area contributed by atoms with Gasteiger partial charge in [-0.25, -0.2) is 0 Å². The first-order valence-corrected chi connectivity index (χ1v) is 10.2. The normalized spacial score (nSPS) is 29.6. The number of rotatable bonds is 3. The van der Waals surface area contributed by atoms with E-state index < -0.39 is 0 Å². The molecule has 3 atom stereocenters. The highest BCUT2D eigenvalue weighted by Crippen LogP contribution is 2.56. The average molecular weight is 373 g/mol. The van der Waals surface area contributed by atoms with Crippen molar-refractivity contribution in [2.24, 2.45) is 5.92 Å². The third-order valence-corrected chi connectivity index (χ3v) is 7.00. The number of likely N-dealkylation sites (tertiary alicyclic amines) is 1. The number of benzene rings is 1. The molecule has 3 saturated heterocycles. The van der Waals surface area contributed by atoms with Crippen LogP contribution in [0.15, 0.2) is 59.3 Å². The summed E-state index contributed by atoms with van der Waals surface area (Å²) in [7, 11) is 0. The van der Waals surface area contributed by atoms with Crippen molar-refractivity contribution in [3.05, 3.63) is 66.2 Å². The summed E-state index contributed by atoms with van der Waals surface area (Å²) in [5, 5.41) is 1.15. The molecule has 142 valence electrons. The molecule has 1 amide bonds. The Hall–Kier alpha value is -2.66. The van der Waals surface area contributed by atoms with E-state index in [1.165, 1.54) is 0 Å². The minimum absolute atomic E-state index is 0.212. The standard InChI is InChI=1S/C23H23N3O2/c27-22-23-8-4-10-26(23)19(21-11-17-6-1-2-7-20(17)28-21)12-18(23)15-25(22)14-16-5-3-9-24-13-16/h1-3,5-7,9,11,13,18-19H,4,8,10,12,14-15H2/t18-,19-,23-/m0/s1. The summed E-state index contributed by atoms with van der Waals surface area (Å²) in [6, 6.07) is 14.5. The fourth-order valence-electron chi connectivity index (χ4n) is 5.86. The SMILES string of the molecule is O=C1N(Cc2cccnc2)C[C@@H]2C[C@@H](c3cc4ccccc4o3)N3CCC[C@@]123. The van der Waals surface area contributed by atoms with Crippen LogP contribution in [0.1, 0.15) is 36.6 Å². The Morgan fingerprint density at radius 1 is 1.21 bits per heavy atom. The van der Waals surface area contributed by atoms with Crippen molar-refractivity contribution in [1.82, 2.24) is 14.8 Å². The van der Waals surface area contributed by atoms with Crippen molar-refractivity contribution in [3.63, 3.8) is 0 Å². The van der Waals surface area contributed by atoms with Gasteiger partial charge < -0.3 is 9.32 Å². The van der Waals surface area contributed by atoms with E-state index in [9.17, 15) is 4.79 Å². The molecule has 5 heterocycles. The summed E-state index contributed by atoms with van der Waals surface area (Å²) >= 11 is 0. The number of furan rings is 1. The maximum atomic E-state index is 13.6. The van der Waals surface area contributed by atoms with Crippen LogP contribution in [0.4, 0.5) is 0 Å². The van der Waals surface area contributed by atoms with Crippen LogP contribution >= 0.6 is 0 Å². The molecular weight excluding hydrogens is 350 g/mol. The maximum Gasteiger partial charge on any atom is 0.243 e. The minimum atomic E-state index is -0.328. The summed E-state index contributed by atoms with van der Waals surface area (Å²) < 4.78 is 6.20. The molecule has 3 fully saturated rings. The first kappa shape index (κ1) is 16.3. The predicted octanol–water partition coefficient (Wildman–Crippen LogP) is 3.77. The molecule has 5 heteroatoms. The maximum absolute atomic E-state index is 13.6.